The van der Waals surface area contributed by atoms with E-state index in [-0.39, 0.29) is 24.6 Å². The number of nitrogens with one attached hydrogen (secondary N) is 1. The molecule has 0 saturated carbocycles. The Morgan fingerprint density at radius 2 is 1.71 bits per heavy atom. The van der Waals surface area contributed by atoms with E-state index in [1.165, 1.54) is 12.1 Å². The maximum atomic E-state index is 13.0. The van der Waals surface area contributed by atoms with Gasteiger partial charge in [-0.3, -0.25) is 10.1 Å². The number of nitro groups is 1. The number of pyridine rings is 1. The number of amides is 1. The molecular weight excluding hydrogens is 536 g/mol. The Kier molecular flexibility index (Phi) is 6.87. The molecule has 1 aliphatic rings. The zero-order chi connectivity index (χ0) is 29.4. The monoisotopic (exact) mass is 562 g/mol. The van der Waals surface area contributed by atoms with Crippen LogP contribution in [0.15, 0.2) is 91.1 Å². The molecule has 6 rings (SSSR count). The number of imidazole rings is 1. The lowest BCUT2D eigenvalue weighted by atomic mass is 9.98. The number of carboxylic acids is 1. The van der Waals surface area contributed by atoms with Crippen molar-refractivity contribution in [2.45, 2.75) is 25.3 Å². The van der Waals surface area contributed by atoms with Crippen LogP contribution in [-0.2, 0) is 16.0 Å². The third-order valence-corrected chi connectivity index (χ3v) is 7.53. The third-order valence-electron chi connectivity index (χ3n) is 7.53. The van der Waals surface area contributed by atoms with Gasteiger partial charge in [0, 0.05) is 36.2 Å². The van der Waals surface area contributed by atoms with Crippen molar-refractivity contribution in [1.29, 1.82) is 0 Å². The van der Waals surface area contributed by atoms with Crippen LogP contribution in [0.25, 0.3) is 28.0 Å². The van der Waals surface area contributed by atoms with E-state index in [0.717, 1.165) is 27.8 Å². The lowest BCUT2D eigenvalue weighted by Gasteiger charge is -2.18. The second-order valence-electron chi connectivity index (χ2n) is 10.2. The topological polar surface area (TPSA) is 136 Å². The summed E-state index contributed by atoms with van der Waals surface area (Å²) in [5.41, 5.74) is 6.94. The predicted octanol–water partition coefficient (Wildman–Crippen LogP) is 5.75. The van der Waals surface area contributed by atoms with E-state index < -0.39 is 23.0 Å². The molecule has 2 aromatic heterocycles. The van der Waals surface area contributed by atoms with Crippen molar-refractivity contribution in [3.63, 3.8) is 0 Å². The van der Waals surface area contributed by atoms with Crippen LogP contribution < -0.4 is 5.32 Å². The molecule has 2 N–H and O–H groups in total. The van der Waals surface area contributed by atoms with Gasteiger partial charge in [-0.1, -0.05) is 66.7 Å². The van der Waals surface area contributed by atoms with Crippen LogP contribution in [0, 0.1) is 17.0 Å². The van der Waals surface area contributed by atoms with Crippen LogP contribution in [0.2, 0.25) is 0 Å². The van der Waals surface area contributed by atoms with Gasteiger partial charge in [-0.15, -0.1) is 0 Å². The number of aromatic nitrogens is 2. The molecule has 10 nitrogen and oxygen atoms in total. The van der Waals surface area contributed by atoms with Crippen LogP contribution in [0.3, 0.4) is 0 Å². The first-order chi connectivity index (χ1) is 20.3. The number of nitro benzene ring substituents is 1. The number of hydrogen-bond donors (Lipinski definition) is 2. The largest absolute Gasteiger partial charge is 0.480 e. The third kappa shape index (κ3) is 4.94. The van der Waals surface area contributed by atoms with Gasteiger partial charge in [0.2, 0.25) is 0 Å². The Labute approximate surface area is 240 Å². The first-order valence-corrected chi connectivity index (χ1v) is 13.4. The van der Waals surface area contributed by atoms with Crippen LogP contribution in [0.4, 0.5) is 10.5 Å². The molecule has 0 bridgehead atoms. The van der Waals surface area contributed by atoms with Crippen molar-refractivity contribution in [3.8, 4) is 22.4 Å². The summed E-state index contributed by atoms with van der Waals surface area (Å²) >= 11 is 0. The van der Waals surface area contributed by atoms with E-state index in [4.69, 9.17) is 4.74 Å². The van der Waals surface area contributed by atoms with Gasteiger partial charge in [0.05, 0.1) is 16.3 Å². The minimum atomic E-state index is -1.35. The van der Waals surface area contributed by atoms with E-state index in [9.17, 15) is 24.8 Å². The minimum absolute atomic E-state index is 0.0416. The van der Waals surface area contributed by atoms with Gasteiger partial charge in [0.1, 0.15) is 18.3 Å². The fourth-order valence-electron chi connectivity index (χ4n) is 5.57. The van der Waals surface area contributed by atoms with Crippen LogP contribution >= 0.6 is 0 Å². The molecule has 2 heterocycles. The molecule has 10 heteroatoms. The molecule has 1 aliphatic carbocycles. The van der Waals surface area contributed by atoms with Gasteiger partial charge in [0.25, 0.3) is 5.69 Å². The highest BCUT2D eigenvalue weighted by Crippen LogP contribution is 2.44. The molecule has 3 aromatic carbocycles. The fourth-order valence-corrected chi connectivity index (χ4v) is 5.57. The molecule has 1 amide bonds. The molecule has 42 heavy (non-hydrogen) atoms. The summed E-state index contributed by atoms with van der Waals surface area (Å²) in [6.07, 6.45) is 0.818. The standard InChI is InChI=1S/C32H26N4O6/c1-19-13-14-29-34-30(20-7-6-8-21(15-20)36(40)41)28(35(29)17-19)16-27(31(37)38)33-32(39)42-18-26-24-11-4-2-9-22(24)23-10-3-5-12-25(23)26/h2-15,17,26-27H,16,18H2,1H3,(H,33,39)(H,37,38). The summed E-state index contributed by atoms with van der Waals surface area (Å²) < 4.78 is 7.34. The number of hydrogen-bond acceptors (Lipinski definition) is 6. The molecule has 0 radical (unpaired) electrons. The van der Waals surface area contributed by atoms with E-state index in [1.54, 1.807) is 22.6 Å². The number of carbonyl (C=O) groups excluding carboxylic acids is 1. The van der Waals surface area contributed by atoms with Crippen LogP contribution in [0.1, 0.15) is 28.3 Å². The number of alkyl carbamates (subject to hydrolysis) is 1. The number of aryl methyl sites for hydroxylation is 1. The molecule has 1 atom stereocenters. The van der Waals surface area contributed by atoms with E-state index in [2.05, 4.69) is 10.3 Å². The van der Waals surface area contributed by atoms with Crippen molar-refractivity contribution in [1.82, 2.24) is 14.7 Å². The van der Waals surface area contributed by atoms with E-state index in [1.807, 2.05) is 67.7 Å². The molecular formula is C32H26N4O6. The van der Waals surface area contributed by atoms with Gasteiger partial charge in [-0.25, -0.2) is 14.6 Å². The van der Waals surface area contributed by atoms with Crippen molar-refractivity contribution in [2.75, 3.05) is 6.61 Å². The summed E-state index contributed by atoms with van der Waals surface area (Å²) in [6, 6.07) is 24.2. The van der Waals surface area contributed by atoms with Crippen molar-refractivity contribution < 1.29 is 24.4 Å². The van der Waals surface area contributed by atoms with Crippen molar-refractivity contribution >= 4 is 23.4 Å². The second-order valence-corrected chi connectivity index (χ2v) is 10.2. The van der Waals surface area contributed by atoms with Gasteiger partial charge >= 0.3 is 12.1 Å². The molecule has 5 aromatic rings. The molecule has 0 fully saturated rings. The maximum Gasteiger partial charge on any atom is 0.407 e. The normalized spacial score (nSPS) is 12.9. The second kappa shape index (κ2) is 10.8. The average molecular weight is 563 g/mol. The maximum absolute atomic E-state index is 13.0. The zero-order valence-electron chi connectivity index (χ0n) is 22.6. The molecule has 0 aliphatic heterocycles. The van der Waals surface area contributed by atoms with Crippen molar-refractivity contribution in [2.24, 2.45) is 0 Å². The predicted molar refractivity (Wildman–Crippen MR) is 155 cm³/mol. The first-order valence-electron chi connectivity index (χ1n) is 13.4. The molecule has 0 spiro atoms. The Bertz CT molecular complexity index is 1820. The summed E-state index contributed by atoms with van der Waals surface area (Å²) in [5, 5.41) is 24.0. The smallest absolute Gasteiger partial charge is 0.407 e. The number of carbonyl (C=O) groups is 2. The first kappa shape index (κ1) is 26.7. The number of aliphatic carboxylic acids is 1. The SMILES string of the molecule is Cc1ccc2nc(-c3cccc([N+](=O)[O-])c3)c(CC(NC(=O)OCC3c4ccccc4-c4ccccc43)C(=O)O)n2c1. The number of rotatable bonds is 8. The Morgan fingerprint density at radius 1 is 1.02 bits per heavy atom. The highest BCUT2D eigenvalue weighted by molar-refractivity contribution is 5.82. The summed E-state index contributed by atoms with van der Waals surface area (Å²) in [7, 11) is 0. The van der Waals surface area contributed by atoms with Gasteiger partial charge in [-0.05, 0) is 40.8 Å². The van der Waals surface area contributed by atoms with Gasteiger partial charge in [0.15, 0.2) is 0 Å². The zero-order valence-corrected chi connectivity index (χ0v) is 22.6. The van der Waals surface area contributed by atoms with Gasteiger partial charge < -0.3 is 19.6 Å². The lowest BCUT2D eigenvalue weighted by molar-refractivity contribution is -0.384. The minimum Gasteiger partial charge on any atom is -0.480 e. The highest BCUT2D eigenvalue weighted by atomic mass is 16.6. The quantitative estimate of drug-likeness (QED) is 0.181. The summed E-state index contributed by atoms with van der Waals surface area (Å²) in [4.78, 5) is 40.9. The van der Waals surface area contributed by atoms with E-state index >= 15 is 0 Å². The Morgan fingerprint density at radius 3 is 2.38 bits per heavy atom. The summed E-state index contributed by atoms with van der Waals surface area (Å²) in [5.74, 6) is -1.43. The molecule has 210 valence electrons. The highest BCUT2D eigenvalue weighted by Gasteiger charge is 2.30. The number of benzene rings is 3. The number of ether oxygens (including phenoxy) is 1. The van der Waals surface area contributed by atoms with Crippen LogP contribution in [-0.4, -0.2) is 44.1 Å². The van der Waals surface area contributed by atoms with E-state index in [0.29, 0.717) is 22.6 Å². The summed E-state index contributed by atoms with van der Waals surface area (Å²) in [6.45, 7) is 1.93. The van der Waals surface area contributed by atoms with Gasteiger partial charge in [-0.2, -0.15) is 0 Å². The van der Waals surface area contributed by atoms with Crippen molar-refractivity contribution in [3.05, 3.63) is 124 Å². The lowest BCUT2D eigenvalue weighted by Crippen LogP contribution is -2.43. The number of non-ortho nitro benzene ring substituents is 1. The molecule has 1 unspecified atom stereocenters. The Hall–Kier alpha value is -5.51. The number of fused-ring (bicyclic) bond motifs is 4. The molecule has 0 saturated heterocycles. The average Bonchev–Trinajstić information content (AvgIpc) is 3.51. The fraction of sp³-hybridized carbons (Fsp3) is 0.156. The Balaban J connectivity index is 1.26. The number of nitrogens with zero attached hydrogens (tertiary/aromatic N) is 3. The van der Waals surface area contributed by atoms with Crippen LogP contribution in [0.5, 0.6) is 0 Å². The number of carboxylic acid groups (broad SMARTS) is 1.